The van der Waals surface area contributed by atoms with Crippen LogP contribution >= 0.6 is 0 Å². The lowest BCUT2D eigenvalue weighted by molar-refractivity contribution is -0.275. The van der Waals surface area contributed by atoms with Gasteiger partial charge >= 0.3 is 6.36 Å². The number of carbonyl (C=O) groups is 1. The normalized spacial score (nSPS) is 15.7. The molecule has 2 aromatic carbocycles. The van der Waals surface area contributed by atoms with Crippen molar-refractivity contribution < 1.29 is 40.6 Å². The molecular weight excluding hydrogens is 511 g/mol. The number of alkyl halides is 3. The first kappa shape index (κ1) is 28.8. The SMILES string of the molecule is CC(C)(C)C(C)(CCCCC(=O)c1cc2c(c(S(N)(=O)=O)c1)OCCO2)c1ccccc1OC(F)(F)F. The standard InChI is InChI=1S/C26H32F3NO6S/c1-24(2,3)25(4,18-9-5-6-11-20(18)36-26(27,28)29)12-8-7-10-19(31)17-15-21-23(35-14-13-34-21)22(16-17)37(30,32)33/h5-6,9,11,15-16H,7-8,10,12-14H2,1-4H3,(H2,30,32,33). The van der Waals surface area contributed by atoms with Crippen molar-refractivity contribution >= 4 is 15.8 Å². The topological polar surface area (TPSA) is 105 Å². The summed E-state index contributed by atoms with van der Waals surface area (Å²) in [5.41, 5.74) is -0.551. The Morgan fingerprint density at radius 2 is 1.68 bits per heavy atom. The van der Waals surface area contributed by atoms with Gasteiger partial charge in [-0.3, -0.25) is 4.79 Å². The Balaban J connectivity index is 1.77. The van der Waals surface area contributed by atoms with Crippen LogP contribution in [0, 0.1) is 5.41 Å². The van der Waals surface area contributed by atoms with E-state index in [4.69, 9.17) is 14.6 Å². The predicted octanol–water partition coefficient (Wildman–Crippen LogP) is 5.75. The highest BCUT2D eigenvalue weighted by Crippen LogP contribution is 2.49. The Morgan fingerprint density at radius 1 is 1.03 bits per heavy atom. The number of Topliss-reactive ketones (excluding diaryl/α,β-unsaturated/α-hetero) is 1. The van der Waals surface area contributed by atoms with Gasteiger partial charge in [0.05, 0.1) is 0 Å². The Hall–Kier alpha value is -2.79. The number of unbranched alkanes of at least 4 members (excludes halogenated alkanes) is 1. The average Bonchev–Trinajstić information content (AvgIpc) is 2.78. The summed E-state index contributed by atoms with van der Waals surface area (Å²) in [6.07, 6.45) is -3.25. The second-order valence-corrected chi connectivity index (χ2v) is 11.8. The summed E-state index contributed by atoms with van der Waals surface area (Å²) in [7, 11) is -4.16. The van der Waals surface area contributed by atoms with Crippen LogP contribution in [0.2, 0.25) is 0 Å². The fourth-order valence-electron chi connectivity index (χ4n) is 4.45. The van der Waals surface area contributed by atoms with E-state index in [-0.39, 0.29) is 53.1 Å². The van der Waals surface area contributed by atoms with Gasteiger partial charge in [-0.25, -0.2) is 13.6 Å². The number of ketones is 1. The van der Waals surface area contributed by atoms with E-state index in [0.29, 0.717) is 24.8 Å². The molecule has 0 spiro atoms. The predicted molar refractivity (Wildman–Crippen MR) is 132 cm³/mol. The van der Waals surface area contributed by atoms with Crippen LogP contribution in [0.4, 0.5) is 13.2 Å². The zero-order chi connectivity index (χ0) is 27.6. The number of benzene rings is 2. The second kappa shape index (κ2) is 10.5. The van der Waals surface area contributed by atoms with Crippen LogP contribution in [-0.2, 0) is 15.4 Å². The van der Waals surface area contributed by atoms with Crippen molar-refractivity contribution in [3.8, 4) is 17.2 Å². The van der Waals surface area contributed by atoms with Gasteiger partial charge in [0.1, 0.15) is 23.9 Å². The Morgan fingerprint density at radius 3 is 2.30 bits per heavy atom. The van der Waals surface area contributed by atoms with Gasteiger partial charge in [-0.2, -0.15) is 0 Å². The molecule has 0 bridgehead atoms. The molecule has 1 atom stereocenters. The summed E-state index contributed by atoms with van der Waals surface area (Å²) < 4.78 is 78.4. The summed E-state index contributed by atoms with van der Waals surface area (Å²) in [5.74, 6) is -0.413. The van der Waals surface area contributed by atoms with E-state index < -0.39 is 27.2 Å². The molecule has 204 valence electrons. The van der Waals surface area contributed by atoms with E-state index in [9.17, 15) is 26.4 Å². The maximum absolute atomic E-state index is 13.0. The Labute approximate surface area is 215 Å². The van der Waals surface area contributed by atoms with E-state index in [1.807, 2.05) is 27.7 Å². The number of halogens is 3. The lowest BCUT2D eigenvalue weighted by Gasteiger charge is -2.43. The first-order chi connectivity index (χ1) is 17.0. The maximum atomic E-state index is 13.0. The highest BCUT2D eigenvalue weighted by molar-refractivity contribution is 7.89. The minimum absolute atomic E-state index is 0.00835. The van der Waals surface area contributed by atoms with Crippen LogP contribution in [0.15, 0.2) is 41.3 Å². The van der Waals surface area contributed by atoms with Gasteiger partial charge in [0.25, 0.3) is 0 Å². The first-order valence-electron chi connectivity index (χ1n) is 11.9. The van der Waals surface area contributed by atoms with E-state index in [1.165, 1.54) is 24.3 Å². The molecule has 3 rings (SSSR count). The number of primary sulfonamides is 1. The van der Waals surface area contributed by atoms with Gasteiger partial charge in [0.2, 0.25) is 10.0 Å². The van der Waals surface area contributed by atoms with Crippen LogP contribution in [0.5, 0.6) is 17.2 Å². The summed E-state index contributed by atoms with van der Waals surface area (Å²) in [6, 6.07) is 8.75. The molecule has 1 heterocycles. The Kier molecular flexibility index (Phi) is 8.19. The summed E-state index contributed by atoms with van der Waals surface area (Å²) in [6.45, 7) is 8.12. The zero-order valence-corrected chi connectivity index (χ0v) is 22.1. The molecule has 11 heteroatoms. The fourth-order valence-corrected chi connectivity index (χ4v) is 5.16. The van der Waals surface area contributed by atoms with Gasteiger partial charge < -0.3 is 14.2 Å². The van der Waals surface area contributed by atoms with Crippen LogP contribution in [0.1, 0.15) is 69.3 Å². The minimum Gasteiger partial charge on any atom is -0.486 e. The number of rotatable bonds is 9. The average molecular weight is 544 g/mol. The Bertz CT molecular complexity index is 1250. The molecular formula is C26H32F3NO6S. The number of hydrogen-bond donors (Lipinski definition) is 1. The molecule has 2 N–H and O–H groups in total. The number of ether oxygens (including phenoxy) is 3. The molecule has 7 nitrogen and oxygen atoms in total. The highest BCUT2D eigenvalue weighted by Gasteiger charge is 2.42. The van der Waals surface area contributed by atoms with Crippen molar-refractivity contribution in [1.29, 1.82) is 0 Å². The van der Waals surface area contributed by atoms with Crippen molar-refractivity contribution in [1.82, 2.24) is 0 Å². The largest absolute Gasteiger partial charge is 0.573 e. The highest BCUT2D eigenvalue weighted by atomic mass is 32.2. The minimum atomic E-state index is -4.82. The van der Waals surface area contributed by atoms with E-state index in [0.717, 1.165) is 0 Å². The van der Waals surface area contributed by atoms with Gasteiger partial charge in [-0.05, 0) is 36.5 Å². The van der Waals surface area contributed by atoms with Gasteiger partial charge in [0.15, 0.2) is 17.3 Å². The van der Waals surface area contributed by atoms with Crippen molar-refractivity contribution in [2.45, 2.75) is 70.1 Å². The molecule has 0 saturated carbocycles. The van der Waals surface area contributed by atoms with Crippen LogP contribution < -0.4 is 19.3 Å². The molecule has 0 radical (unpaired) electrons. The van der Waals surface area contributed by atoms with Crippen LogP contribution in [0.3, 0.4) is 0 Å². The molecule has 1 aliphatic rings. The summed E-state index contributed by atoms with van der Waals surface area (Å²) >= 11 is 0. The van der Waals surface area contributed by atoms with Crippen molar-refractivity contribution in [3.63, 3.8) is 0 Å². The molecule has 37 heavy (non-hydrogen) atoms. The lowest BCUT2D eigenvalue weighted by atomic mass is 9.61. The van der Waals surface area contributed by atoms with Gasteiger partial charge in [-0.15, -0.1) is 13.2 Å². The summed E-state index contributed by atoms with van der Waals surface area (Å²) in [5, 5.41) is 5.31. The van der Waals surface area contributed by atoms with Gasteiger partial charge in [-0.1, -0.05) is 52.3 Å². The smallest absolute Gasteiger partial charge is 0.486 e. The molecule has 1 aliphatic heterocycles. The third-order valence-corrected chi connectivity index (χ3v) is 7.85. The zero-order valence-electron chi connectivity index (χ0n) is 21.3. The molecule has 1 unspecified atom stereocenters. The van der Waals surface area contributed by atoms with Gasteiger partial charge in [0, 0.05) is 23.0 Å². The molecule has 0 aromatic heterocycles. The molecule has 0 fully saturated rings. The fraction of sp³-hybridized carbons (Fsp3) is 0.500. The number of carbonyl (C=O) groups excluding carboxylic acids is 1. The number of para-hydroxylation sites is 1. The number of hydrogen-bond acceptors (Lipinski definition) is 6. The summed E-state index contributed by atoms with van der Waals surface area (Å²) in [4.78, 5) is 12.6. The molecule has 0 saturated heterocycles. The van der Waals surface area contributed by atoms with Crippen LogP contribution in [0.25, 0.3) is 0 Å². The van der Waals surface area contributed by atoms with E-state index >= 15 is 0 Å². The van der Waals surface area contributed by atoms with Crippen LogP contribution in [-0.4, -0.2) is 33.8 Å². The van der Waals surface area contributed by atoms with Crippen molar-refractivity contribution in [2.75, 3.05) is 13.2 Å². The third-order valence-electron chi connectivity index (χ3n) is 6.93. The lowest BCUT2D eigenvalue weighted by Crippen LogP contribution is -2.38. The number of fused-ring (bicyclic) bond motifs is 1. The van der Waals surface area contributed by atoms with Crippen molar-refractivity contribution in [2.24, 2.45) is 10.6 Å². The quantitative estimate of drug-likeness (QED) is 0.319. The second-order valence-electron chi connectivity index (χ2n) is 10.3. The molecule has 0 aliphatic carbocycles. The van der Waals surface area contributed by atoms with Crippen molar-refractivity contribution in [3.05, 3.63) is 47.5 Å². The number of nitrogens with two attached hydrogens (primary N) is 1. The first-order valence-corrected chi connectivity index (χ1v) is 13.4. The molecule has 2 aromatic rings. The third kappa shape index (κ3) is 6.75. The maximum Gasteiger partial charge on any atom is 0.573 e. The number of sulfonamides is 1. The van der Waals surface area contributed by atoms with E-state index in [2.05, 4.69) is 4.74 Å². The van der Waals surface area contributed by atoms with E-state index in [1.54, 1.807) is 12.1 Å². The monoisotopic (exact) mass is 543 g/mol. The molecule has 0 amide bonds.